The van der Waals surface area contributed by atoms with Gasteiger partial charge in [-0.25, -0.2) is 0 Å². The molecule has 0 bridgehead atoms. The molecule has 1 aliphatic carbocycles. The van der Waals surface area contributed by atoms with Crippen molar-refractivity contribution >= 4 is 11.3 Å². The maximum atomic E-state index is 3.57. The Morgan fingerprint density at radius 3 is 2.55 bits per heavy atom. The Morgan fingerprint density at radius 1 is 1.25 bits per heavy atom. The molecule has 0 amide bonds. The molecule has 0 spiro atoms. The number of rotatable bonds is 8. The van der Waals surface area contributed by atoms with Crippen LogP contribution in [0.2, 0.25) is 0 Å². The summed E-state index contributed by atoms with van der Waals surface area (Å²) in [6.45, 7) is 12.4. The van der Waals surface area contributed by atoms with E-state index in [-0.39, 0.29) is 5.54 Å². The Balaban J connectivity index is 1.84. The van der Waals surface area contributed by atoms with E-state index in [2.05, 4.69) is 50.0 Å². The summed E-state index contributed by atoms with van der Waals surface area (Å²) in [5, 5.41) is 3.57. The van der Waals surface area contributed by atoms with E-state index in [1.54, 1.807) is 0 Å². The highest BCUT2D eigenvalue weighted by atomic mass is 32.1. The summed E-state index contributed by atoms with van der Waals surface area (Å²) >= 11 is 1.98. The number of hydrogen-bond acceptors (Lipinski definition) is 3. The van der Waals surface area contributed by atoms with Gasteiger partial charge in [0, 0.05) is 34.4 Å². The fraction of sp³-hybridized carbons (Fsp3) is 0.765. The van der Waals surface area contributed by atoms with Crippen LogP contribution in [-0.2, 0) is 13.1 Å². The average molecular weight is 295 g/mol. The second-order valence-corrected chi connectivity index (χ2v) is 8.28. The van der Waals surface area contributed by atoms with Crippen LogP contribution < -0.4 is 5.32 Å². The van der Waals surface area contributed by atoms with Crippen molar-refractivity contribution in [2.24, 2.45) is 0 Å². The summed E-state index contributed by atoms with van der Waals surface area (Å²) in [6, 6.07) is 5.50. The lowest BCUT2D eigenvalue weighted by atomic mass is 10.1. The third-order valence-electron chi connectivity index (χ3n) is 3.73. The highest BCUT2D eigenvalue weighted by Crippen LogP contribution is 2.30. The van der Waals surface area contributed by atoms with Gasteiger partial charge in [-0.2, -0.15) is 0 Å². The van der Waals surface area contributed by atoms with Crippen molar-refractivity contribution < 1.29 is 0 Å². The molecule has 1 N–H and O–H groups in total. The Bertz CT molecular complexity index is 401. The van der Waals surface area contributed by atoms with Gasteiger partial charge in [0.1, 0.15) is 0 Å². The summed E-state index contributed by atoms with van der Waals surface area (Å²) in [7, 11) is 0. The monoisotopic (exact) mass is 294 g/mol. The van der Waals surface area contributed by atoms with E-state index in [0.29, 0.717) is 0 Å². The molecule has 1 aliphatic rings. The van der Waals surface area contributed by atoms with Crippen LogP contribution in [0.3, 0.4) is 0 Å². The molecular formula is C17H30N2S. The molecule has 1 aromatic rings. The molecule has 0 aromatic carbocycles. The SMILES string of the molecule is CCCCN(Cc1ccc(CNC(C)(C)C)s1)C1CC1. The van der Waals surface area contributed by atoms with Gasteiger partial charge in [-0.15, -0.1) is 11.3 Å². The molecule has 0 aliphatic heterocycles. The van der Waals surface area contributed by atoms with Crippen LogP contribution in [0.25, 0.3) is 0 Å². The summed E-state index contributed by atoms with van der Waals surface area (Å²) in [4.78, 5) is 5.68. The minimum absolute atomic E-state index is 0.200. The molecule has 20 heavy (non-hydrogen) atoms. The molecular weight excluding hydrogens is 264 g/mol. The number of unbranched alkanes of at least 4 members (excludes halogenated alkanes) is 1. The van der Waals surface area contributed by atoms with E-state index in [4.69, 9.17) is 0 Å². The maximum Gasteiger partial charge on any atom is 0.0330 e. The van der Waals surface area contributed by atoms with E-state index in [0.717, 1.165) is 19.1 Å². The van der Waals surface area contributed by atoms with Crippen molar-refractivity contribution in [1.82, 2.24) is 10.2 Å². The molecule has 2 rings (SSSR count). The summed E-state index contributed by atoms with van der Waals surface area (Å²) < 4.78 is 0. The van der Waals surface area contributed by atoms with Gasteiger partial charge >= 0.3 is 0 Å². The molecule has 1 fully saturated rings. The largest absolute Gasteiger partial charge is 0.307 e. The van der Waals surface area contributed by atoms with E-state index >= 15 is 0 Å². The summed E-state index contributed by atoms with van der Waals surface area (Å²) in [6.07, 6.45) is 5.45. The van der Waals surface area contributed by atoms with Crippen molar-refractivity contribution in [3.63, 3.8) is 0 Å². The molecule has 1 heterocycles. The molecule has 0 atom stereocenters. The van der Waals surface area contributed by atoms with Gasteiger partial charge in [0.05, 0.1) is 0 Å². The second-order valence-electron chi connectivity index (χ2n) is 7.03. The standard InChI is InChI=1S/C17H30N2S/c1-5-6-11-19(14-7-8-14)13-16-10-9-15(20-16)12-18-17(2,3)4/h9-10,14,18H,5-8,11-13H2,1-4H3. The molecule has 1 saturated carbocycles. The number of thiophene rings is 1. The van der Waals surface area contributed by atoms with Gasteiger partial charge in [0.25, 0.3) is 0 Å². The van der Waals surface area contributed by atoms with Crippen molar-refractivity contribution in [1.29, 1.82) is 0 Å². The van der Waals surface area contributed by atoms with E-state index in [1.807, 2.05) is 11.3 Å². The fourth-order valence-corrected chi connectivity index (χ4v) is 3.33. The molecule has 2 nitrogen and oxygen atoms in total. The predicted octanol–water partition coefficient (Wildman–Crippen LogP) is 4.40. The number of nitrogens with zero attached hydrogens (tertiary/aromatic N) is 1. The molecule has 0 radical (unpaired) electrons. The first-order chi connectivity index (χ1) is 9.48. The van der Waals surface area contributed by atoms with E-state index in [9.17, 15) is 0 Å². The Morgan fingerprint density at radius 2 is 1.95 bits per heavy atom. The van der Waals surface area contributed by atoms with Gasteiger partial charge in [-0.3, -0.25) is 4.90 Å². The summed E-state index contributed by atoms with van der Waals surface area (Å²) in [5.41, 5.74) is 0.200. The quantitative estimate of drug-likeness (QED) is 0.764. The Hall–Kier alpha value is -0.380. The molecule has 0 unspecified atom stereocenters. The zero-order valence-electron chi connectivity index (χ0n) is 13.5. The third-order valence-corrected chi connectivity index (χ3v) is 4.80. The lowest BCUT2D eigenvalue weighted by molar-refractivity contribution is 0.253. The minimum atomic E-state index is 0.200. The van der Waals surface area contributed by atoms with Crippen molar-refractivity contribution in [3.8, 4) is 0 Å². The molecule has 0 saturated heterocycles. The Kier molecular flexibility index (Phi) is 5.65. The highest BCUT2D eigenvalue weighted by molar-refractivity contribution is 7.11. The lowest BCUT2D eigenvalue weighted by Gasteiger charge is -2.21. The predicted molar refractivity (Wildman–Crippen MR) is 89.3 cm³/mol. The molecule has 1 aromatic heterocycles. The third kappa shape index (κ3) is 5.55. The fourth-order valence-electron chi connectivity index (χ4n) is 2.35. The van der Waals surface area contributed by atoms with Crippen LogP contribution in [0.4, 0.5) is 0 Å². The first kappa shape index (κ1) is 16.0. The van der Waals surface area contributed by atoms with Gasteiger partial charge < -0.3 is 5.32 Å². The first-order valence-electron chi connectivity index (χ1n) is 8.04. The van der Waals surface area contributed by atoms with Crippen LogP contribution in [0, 0.1) is 0 Å². The summed E-state index contributed by atoms with van der Waals surface area (Å²) in [5.74, 6) is 0. The topological polar surface area (TPSA) is 15.3 Å². The van der Waals surface area contributed by atoms with E-state index in [1.165, 1.54) is 42.0 Å². The van der Waals surface area contributed by atoms with Crippen LogP contribution in [0.1, 0.15) is 63.1 Å². The van der Waals surface area contributed by atoms with Gasteiger partial charge in [-0.1, -0.05) is 13.3 Å². The van der Waals surface area contributed by atoms with Crippen molar-refractivity contribution in [3.05, 3.63) is 21.9 Å². The zero-order valence-corrected chi connectivity index (χ0v) is 14.4. The van der Waals surface area contributed by atoms with Crippen LogP contribution in [0.15, 0.2) is 12.1 Å². The number of hydrogen-bond donors (Lipinski definition) is 1. The molecule has 3 heteroatoms. The van der Waals surface area contributed by atoms with Crippen molar-refractivity contribution in [2.45, 2.75) is 78.0 Å². The zero-order chi connectivity index (χ0) is 14.6. The normalized spacial score (nSPS) is 16.1. The Labute approximate surface area is 128 Å². The minimum Gasteiger partial charge on any atom is -0.307 e. The highest BCUT2D eigenvalue weighted by Gasteiger charge is 2.28. The van der Waals surface area contributed by atoms with E-state index < -0.39 is 0 Å². The smallest absolute Gasteiger partial charge is 0.0330 e. The van der Waals surface area contributed by atoms with Gasteiger partial charge in [0.2, 0.25) is 0 Å². The molecule has 114 valence electrons. The first-order valence-corrected chi connectivity index (χ1v) is 8.86. The average Bonchev–Trinajstić information content (AvgIpc) is 3.12. The van der Waals surface area contributed by atoms with Crippen LogP contribution in [0.5, 0.6) is 0 Å². The maximum absolute atomic E-state index is 3.57. The van der Waals surface area contributed by atoms with Crippen molar-refractivity contribution in [2.75, 3.05) is 6.54 Å². The van der Waals surface area contributed by atoms with Gasteiger partial charge in [0.15, 0.2) is 0 Å². The van der Waals surface area contributed by atoms with Crippen LogP contribution >= 0.6 is 11.3 Å². The number of nitrogens with one attached hydrogen (secondary N) is 1. The van der Waals surface area contributed by atoms with Gasteiger partial charge in [-0.05, 0) is 58.7 Å². The lowest BCUT2D eigenvalue weighted by Crippen LogP contribution is -2.34. The van der Waals surface area contributed by atoms with Crippen LogP contribution in [-0.4, -0.2) is 23.0 Å². The second kappa shape index (κ2) is 7.06.